The van der Waals surface area contributed by atoms with Gasteiger partial charge in [0.2, 0.25) is 0 Å². The fraction of sp³-hybridized carbons (Fsp3) is 0.160. The minimum absolute atomic E-state index is 0.602. The van der Waals surface area contributed by atoms with E-state index >= 15 is 0 Å². The van der Waals surface area contributed by atoms with Crippen molar-refractivity contribution in [2.75, 3.05) is 0 Å². The second-order valence-corrected chi connectivity index (χ2v) is 12.6. The zero-order valence-corrected chi connectivity index (χ0v) is 24.5. The number of alkyl halides is 3. The molecule has 0 aliphatic carbocycles. The zero-order chi connectivity index (χ0) is 24.6. The zero-order valence-electron chi connectivity index (χ0n) is 17.9. The summed E-state index contributed by atoms with van der Waals surface area (Å²) in [6, 6.07) is 26.3. The molecule has 0 fully saturated rings. The third kappa shape index (κ3) is 8.77. The molecular formula is C25H22F3I2N3Pt. The van der Waals surface area contributed by atoms with Crippen molar-refractivity contribution in [1.82, 2.24) is 10.5 Å². The molecule has 0 radical (unpaired) electrons. The van der Waals surface area contributed by atoms with E-state index in [1.54, 1.807) is 0 Å². The van der Waals surface area contributed by atoms with Gasteiger partial charge in [0.1, 0.15) is 0 Å². The molecule has 0 unspecified atom stereocenters. The molecule has 4 rings (SSSR count). The van der Waals surface area contributed by atoms with Crippen LogP contribution < -0.4 is 0 Å². The van der Waals surface area contributed by atoms with Crippen LogP contribution in [-0.4, -0.2) is 10.5 Å². The average Bonchev–Trinajstić information content (AvgIpc) is 3.14. The third-order valence-corrected chi connectivity index (χ3v) is 6.83. The summed E-state index contributed by atoms with van der Waals surface area (Å²) in [4.78, 5) is 0. The van der Waals surface area contributed by atoms with Crippen LogP contribution in [0.15, 0.2) is 97.3 Å². The van der Waals surface area contributed by atoms with Gasteiger partial charge >= 0.3 is 136 Å². The van der Waals surface area contributed by atoms with Crippen LogP contribution in [0.2, 0.25) is 0 Å². The number of nitrogens with zero attached hydrogens (tertiary/aromatic N) is 3. The molecular weight excluding hydrogens is 848 g/mol. The monoisotopic (exact) mass is 870 g/mol. The number of hydrogen-bond acceptors (Lipinski definition) is 1. The van der Waals surface area contributed by atoms with Crippen LogP contribution in [0.5, 0.6) is 0 Å². The molecule has 0 amide bonds. The Morgan fingerprint density at radius 3 is 1.50 bits per heavy atom. The molecule has 0 saturated carbocycles. The van der Waals surface area contributed by atoms with Crippen molar-refractivity contribution in [2.24, 2.45) is 0 Å². The summed E-state index contributed by atoms with van der Waals surface area (Å²) in [5.41, 5.74) is 2.91. The molecule has 1 heterocycles. The maximum absolute atomic E-state index is 12.2. The molecule has 0 aliphatic heterocycles. The normalized spacial score (nSPS) is 11.3. The van der Waals surface area contributed by atoms with Gasteiger partial charge in [0, 0.05) is 52.3 Å². The van der Waals surface area contributed by atoms with E-state index in [1.807, 2.05) is 1.33 Å². The van der Waals surface area contributed by atoms with E-state index in [9.17, 15) is 13.2 Å². The quantitative estimate of drug-likeness (QED) is 0.143. The van der Waals surface area contributed by atoms with Crippen molar-refractivity contribution >= 4 is 45.7 Å². The molecule has 34 heavy (non-hydrogen) atoms. The Bertz CT molecular complexity index is 1140. The molecule has 182 valence electrons. The fourth-order valence-electron chi connectivity index (χ4n) is 3.16. The average molecular weight is 870 g/mol. The van der Waals surface area contributed by atoms with Gasteiger partial charge in [-0.25, -0.2) is 0 Å². The van der Waals surface area contributed by atoms with Gasteiger partial charge in [0.15, 0.2) is 0 Å². The second kappa shape index (κ2) is 13.2. The summed E-state index contributed by atoms with van der Waals surface area (Å²) in [6.45, 7) is 2.46. The first-order valence-corrected chi connectivity index (χ1v) is 13.3. The summed E-state index contributed by atoms with van der Waals surface area (Å²) < 4.78 is 44.2. The van der Waals surface area contributed by atoms with Crippen molar-refractivity contribution in [3.8, 4) is 0 Å². The van der Waals surface area contributed by atoms with Crippen molar-refractivity contribution in [3.63, 3.8) is 0 Å². The Kier molecular flexibility index (Phi) is 10.6. The Morgan fingerprint density at radius 1 is 0.676 bits per heavy atom. The summed E-state index contributed by atoms with van der Waals surface area (Å²) in [5.74, 6) is 0. The van der Waals surface area contributed by atoms with E-state index in [4.69, 9.17) is 0 Å². The molecule has 1 aromatic heterocycles. The Labute approximate surface area is 236 Å². The molecule has 0 aliphatic rings. The Balaban J connectivity index is 0.000000204. The predicted molar refractivity (Wildman–Crippen MR) is 142 cm³/mol. The first-order chi connectivity index (χ1) is 16.2. The van der Waals surface area contributed by atoms with E-state index in [0.29, 0.717) is 6.54 Å². The summed E-state index contributed by atoms with van der Waals surface area (Å²) in [6.07, 6.45) is 0.0589. The van der Waals surface area contributed by atoms with Crippen LogP contribution in [-0.2, 0) is 45.2 Å². The second-order valence-electron chi connectivity index (χ2n) is 7.42. The first-order valence-electron chi connectivity index (χ1n) is 10.3. The fourth-order valence-corrected chi connectivity index (χ4v) is 4.65. The number of halogens is 5. The van der Waals surface area contributed by atoms with Gasteiger partial charge in [-0.2, -0.15) is 14.5 Å². The molecule has 3 aromatic carbocycles. The third-order valence-electron chi connectivity index (χ3n) is 4.84. The van der Waals surface area contributed by atoms with Gasteiger partial charge in [-0.05, 0) is 17.7 Å². The molecule has 9 heteroatoms. The SMILES string of the molecule is FC(F)(F)c1ccc(CN(I)I)cc1.[Pt]=[c]1n(Cc2ccccc2)ccn1Cc1ccccc1. The summed E-state index contributed by atoms with van der Waals surface area (Å²) >= 11 is 6.53. The predicted octanol–water partition coefficient (Wildman–Crippen LogP) is 7.67. The van der Waals surface area contributed by atoms with Gasteiger partial charge in [0.25, 0.3) is 0 Å². The van der Waals surface area contributed by atoms with Crippen LogP contribution in [0.1, 0.15) is 22.3 Å². The van der Waals surface area contributed by atoms with Crippen LogP contribution >= 0.6 is 45.7 Å². The summed E-state index contributed by atoms with van der Waals surface area (Å²) in [7, 11) is 0. The van der Waals surface area contributed by atoms with Gasteiger partial charge in [-0.3, -0.25) is 0 Å². The first kappa shape index (κ1) is 27.4. The number of benzene rings is 3. The van der Waals surface area contributed by atoms with Crippen molar-refractivity contribution < 1.29 is 32.5 Å². The molecule has 3 nitrogen and oxygen atoms in total. The molecule has 0 spiro atoms. The maximum atomic E-state index is 12.2. The number of aromatic nitrogens is 2. The minimum atomic E-state index is -4.24. The van der Waals surface area contributed by atoms with Crippen LogP contribution in [0.4, 0.5) is 13.2 Å². The van der Waals surface area contributed by atoms with Gasteiger partial charge in [-0.1, -0.05) is 12.1 Å². The Morgan fingerprint density at radius 2 is 1.12 bits per heavy atom. The van der Waals surface area contributed by atoms with Crippen molar-refractivity contribution in [1.29, 1.82) is 0 Å². The number of rotatable bonds is 6. The molecule has 0 N–H and O–H groups in total. The van der Waals surface area contributed by atoms with Gasteiger partial charge in [-0.15, -0.1) is 0 Å². The molecule has 0 bridgehead atoms. The van der Waals surface area contributed by atoms with Gasteiger partial charge < -0.3 is 0 Å². The van der Waals surface area contributed by atoms with E-state index < -0.39 is 11.7 Å². The van der Waals surface area contributed by atoms with Crippen molar-refractivity contribution in [2.45, 2.75) is 25.8 Å². The molecule has 0 atom stereocenters. The van der Waals surface area contributed by atoms with E-state index in [1.165, 1.54) is 27.1 Å². The molecule has 4 aromatic rings. The van der Waals surface area contributed by atoms with Crippen LogP contribution in [0, 0.1) is 3.80 Å². The standard InChI is InChI=1S/C17H16N2.C8H6F3I2N.Pt/c1-3-7-16(8-4-1)13-18-11-12-19(15-18)14-17-9-5-2-6-10-17;9-8(10,11)7-3-1-6(2-4-7)5-14(12)13;/h1-12H,13-14H2;1-4H,5H2;. The van der Waals surface area contributed by atoms with E-state index in [-0.39, 0.29) is 0 Å². The van der Waals surface area contributed by atoms with Crippen LogP contribution in [0.3, 0.4) is 0 Å². The van der Waals surface area contributed by atoms with Crippen molar-refractivity contribution in [3.05, 3.63) is 123 Å². The Hall–Kier alpha value is -1.23. The topological polar surface area (TPSA) is 13.1 Å². The van der Waals surface area contributed by atoms with E-state index in [0.717, 1.165) is 30.8 Å². The van der Waals surface area contributed by atoms with Gasteiger partial charge in [0.05, 0.1) is 5.56 Å². The number of hydrogen-bond donors (Lipinski definition) is 0. The summed E-state index contributed by atoms with van der Waals surface area (Å²) in [5, 5.41) is 0. The van der Waals surface area contributed by atoms with Crippen LogP contribution in [0.25, 0.3) is 0 Å². The van der Waals surface area contributed by atoms with E-state index in [2.05, 4.69) is 147 Å². The number of imidazole rings is 1. The molecule has 0 saturated heterocycles.